The molecular formula is C9H10N4O. The van der Waals surface area contributed by atoms with Crippen LogP contribution in [0.15, 0.2) is 12.4 Å². The highest BCUT2D eigenvalue weighted by Gasteiger charge is 1.89. The van der Waals surface area contributed by atoms with Gasteiger partial charge in [0.1, 0.15) is 11.5 Å². The van der Waals surface area contributed by atoms with Crippen LogP contribution in [0, 0.1) is 11.8 Å². The second-order valence-corrected chi connectivity index (χ2v) is 2.54. The molecule has 0 saturated heterocycles. The van der Waals surface area contributed by atoms with Crippen LogP contribution in [0.2, 0.25) is 0 Å². The Kier molecular flexibility index (Phi) is 3.44. The fourth-order valence-corrected chi connectivity index (χ4v) is 0.706. The van der Waals surface area contributed by atoms with Crippen molar-refractivity contribution in [2.45, 2.75) is 6.92 Å². The summed E-state index contributed by atoms with van der Waals surface area (Å²) in [6.07, 6.45) is 2.92. The average molecular weight is 190 g/mol. The van der Waals surface area contributed by atoms with Crippen molar-refractivity contribution in [2.24, 2.45) is 0 Å². The molecule has 1 aromatic heterocycles. The van der Waals surface area contributed by atoms with E-state index in [1.165, 1.54) is 19.3 Å². The maximum absolute atomic E-state index is 10.5. The summed E-state index contributed by atoms with van der Waals surface area (Å²) in [6.45, 7) is 1.74. The second-order valence-electron chi connectivity index (χ2n) is 2.54. The van der Waals surface area contributed by atoms with Crippen molar-refractivity contribution in [3.05, 3.63) is 18.1 Å². The van der Waals surface area contributed by atoms with Gasteiger partial charge in [-0.3, -0.25) is 4.79 Å². The van der Waals surface area contributed by atoms with Gasteiger partial charge in [-0.1, -0.05) is 5.92 Å². The Morgan fingerprint density at radius 3 is 2.93 bits per heavy atom. The molecule has 0 saturated carbocycles. The predicted molar refractivity (Wildman–Crippen MR) is 52.0 cm³/mol. The number of nitrogens with two attached hydrogens (primary N) is 1. The Balaban J connectivity index is 2.51. The number of amides is 1. The van der Waals surface area contributed by atoms with Gasteiger partial charge in [-0.2, -0.15) is 0 Å². The van der Waals surface area contributed by atoms with Crippen LogP contribution in [0.4, 0.5) is 5.82 Å². The van der Waals surface area contributed by atoms with Crippen LogP contribution in [-0.2, 0) is 4.79 Å². The van der Waals surface area contributed by atoms with Gasteiger partial charge in [0.2, 0.25) is 5.91 Å². The first-order valence-electron chi connectivity index (χ1n) is 3.99. The van der Waals surface area contributed by atoms with Crippen LogP contribution >= 0.6 is 0 Å². The smallest absolute Gasteiger partial charge is 0.217 e. The highest BCUT2D eigenvalue weighted by atomic mass is 16.1. The lowest BCUT2D eigenvalue weighted by Crippen LogP contribution is -2.19. The van der Waals surface area contributed by atoms with E-state index >= 15 is 0 Å². The summed E-state index contributed by atoms with van der Waals surface area (Å²) in [5.41, 5.74) is 5.87. The minimum Gasteiger partial charge on any atom is -0.382 e. The molecule has 3 N–H and O–H groups in total. The van der Waals surface area contributed by atoms with Crippen molar-refractivity contribution in [3.63, 3.8) is 0 Å². The number of rotatable bonds is 1. The topological polar surface area (TPSA) is 80.9 Å². The molecule has 1 aromatic rings. The lowest BCUT2D eigenvalue weighted by atomic mass is 10.4. The maximum atomic E-state index is 10.5. The number of hydrogen-bond donors (Lipinski definition) is 2. The third-order valence-corrected chi connectivity index (χ3v) is 1.31. The Labute approximate surface area is 81.7 Å². The van der Waals surface area contributed by atoms with E-state index in [-0.39, 0.29) is 5.91 Å². The van der Waals surface area contributed by atoms with Gasteiger partial charge >= 0.3 is 0 Å². The van der Waals surface area contributed by atoms with Gasteiger partial charge in [0.15, 0.2) is 0 Å². The van der Waals surface area contributed by atoms with Crippen LogP contribution in [0.5, 0.6) is 0 Å². The van der Waals surface area contributed by atoms with Crippen molar-refractivity contribution in [1.29, 1.82) is 0 Å². The summed E-state index contributed by atoms with van der Waals surface area (Å²) in [7, 11) is 0. The minimum absolute atomic E-state index is 0.109. The second kappa shape index (κ2) is 4.82. The molecule has 72 valence electrons. The molecule has 1 heterocycles. The first-order chi connectivity index (χ1) is 6.68. The third kappa shape index (κ3) is 3.54. The minimum atomic E-state index is -0.109. The number of nitrogen functional groups attached to an aromatic ring is 1. The van der Waals surface area contributed by atoms with Crippen LogP contribution in [0.3, 0.4) is 0 Å². The summed E-state index contributed by atoms with van der Waals surface area (Å²) in [6, 6.07) is 0. The van der Waals surface area contributed by atoms with E-state index in [1.54, 1.807) is 0 Å². The lowest BCUT2D eigenvalue weighted by molar-refractivity contribution is -0.118. The van der Waals surface area contributed by atoms with Gasteiger partial charge < -0.3 is 11.1 Å². The van der Waals surface area contributed by atoms with Gasteiger partial charge in [-0.25, -0.2) is 9.97 Å². The summed E-state index contributed by atoms with van der Waals surface area (Å²) in [4.78, 5) is 18.2. The van der Waals surface area contributed by atoms with Gasteiger partial charge in [0.25, 0.3) is 0 Å². The van der Waals surface area contributed by atoms with Crippen LogP contribution in [0.1, 0.15) is 12.6 Å². The Bertz CT molecular complexity index is 374. The third-order valence-electron chi connectivity index (χ3n) is 1.31. The number of nitrogens with zero attached hydrogens (tertiary/aromatic N) is 2. The molecule has 0 fully saturated rings. The Hall–Kier alpha value is -2.09. The molecular weight excluding hydrogens is 180 g/mol. The normalized spacial score (nSPS) is 8.64. The number of hydrogen-bond acceptors (Lipinski definition) is 4. The van der Waals surface area contributed by atoms with Crippen LogP contribution < -0.4 is 11.1 Å². The van der Waals surface area contributed by atoms with Crippen molar-refractivity contribution in [1.82, 2.24) is 15.3 Å². The molecule has 5 nitrogen and oxygen atoms in total. The summed E-state index contributed by atoms with van der Waals surface area (Å²) in [5.74, 6) is 5.71. The zero-order valence-corrected chi connectivity index (χ0v) is 7.74. The molecule has 0 unspecified atom stereocenters. The van der Waals surface area contributed by atoms with Crippen LogP contribution in [-0.4, -0.2) is 22.4 Å². The van der Waals surface area contributed by atoms with Crippen molar-refractivity contribution in [2.75, 3.05) is 12.3 Å². The molecule has 0 aliphatic rings. The molecule has 0 aromatic carbocycles. The maximum Gasteiger partial charge on any atom is 0.217 e. The van der Waals surface area contributed by atoms with E-state index in [0.29, 0.717) is 18.1 Å². The van der Waals surface area contributed by atoms with Gasteiger partial charge in [0, 0.05) is 6.92 Å². The summed E-state index contributed by atoms with van der Waals surface area (Å²) in [5, 5.41) is 2.54. The fourth-order valence-electron chi connectivity index (χ4n) is 0.706. The molecule has 0 aliphatic heterocycles. The largest absolute Gasteiger partial charge is 0.382 e. The summed E-state index contributed by atoms with van der Waals surface area (Å²) < 4.78 is 0. The van der Waals surface area contributed by atoms with Crippen LogP contribution in [0.25, 0.3) is 0 Å². The number of aromatic nitrogens is 2. The number of anilines is 1. The first-order valence-corrected chi connectivity index (χ1v) is 3.99. The molecule has 0 atom stereocenters. The highest BCUT2D eigenvalue weighted by Crippen LogP contribution is 1.92. The van der Waals surface area contributed by atoms with Gasteiger partial charge in [-0.05, 0) is 5.92 Å². The fraction of sp³-hybridized carbons (Fsp3) is 0.222. The molecule has 1 amide bonds. The lowest BCUT2D eigenvalue weighted by Gasteiger charge is -1.92. The van der Waals surface area contributed by atoms with E-state index < -0.39 is 0 Å². The van der Waals surface area contributed by atoms with E-state index in [4.69, 9.17) is 5.73 Å². The van der Waals surface area contributed by atoms with E-state index in [1.807, 2.05) is 0 Å². The predicted octanol–water partition coefficient (Wildman–Crippen LogP) is -0.454. The van der Waals surface area contributed by atoms with Crippen molar-refractivity contribution >= 4 is 11.7 Å². The zero-order valence-electron chi connectivity index (χ0n) is 7.74. The first kappa shape index (κ1) is 9.99. The zero-order chi connectivity index (χ0) is 10.4. The molecule has 0 radical (unpaired) electrons. The standard InChI is InChI=1S/C9H10N4O/c1-7(14)11-4-2-3-8-5-13-9(10)6-12-8/h5-6H,4H2,1H3,(H2,10,13)(H,11,14). The highest BCUT2D eigenvalue weighted by molar-refractivity contribution is 5.73. The number of nitrogens with one attached hydrogen (secondary N) is 1. The Morgan fingerprint density at radius 1 is 1.57 bits per heavy atom. The monoisotopic (exact) mass is 190 g/mol. The SMILES string of the molecule is CC(=O)NCC#Cc1cnc(N)cn1. The van der Waals surface area contributed by atoms with Crippen molar-refractivity contribution in [3.8, 4) is 11.8 Å². The summed E-state index contributed by atoms with van der Waals surface area (Å²) >= 11 is 0. The quantitative estimate of drug-likeness (QED) is 0.587. The molecule has 0 spiro atoms. The van der Waals surface area contributed by atoms with E-state index in [9.17, 15) is 4.79 Å². The van der Waals surface area contributed by atoms with Gasteiger partial charge in [0.05, 0.1) is 18.9 Å². The average Bonchev–Trinajstić information content (AvgIpc) is 2.15. The molecule has 0 aliphatic carbocycles. The molecule has 0 bridgehead atoms. The van der Waals surface area contributed by atoms with E-state index in [2.05, 4.69) is 27.1 Å². The van der Waals surface area contributed by atoms with Gasteiger partial charge in [-0.15, -0.1) is 0 Å². The van der Waals surface area contributed by atoms with Crippen molar-refractivity contribution < 1.29 is 4.79 Å². The van der Waals surface area contributed by atoms with E-state index in [0.717, 1.165) is 0 Å². The molecule has 14 heavy (non-hydrogen) atoms. The molecule has 1 rings (SSSR count). The molecule has 5 heteroatoms. The number of carbonyl (C=O) groups is 1. The Morgan fingerprint density at radius 2 is 2.36 bits per heavy atom. The number of carbonyl (C=O) groups excluding carboxylic acids is 1.